The second-order valence-electron chi connectivity index (χ2n) is 4.20. The number of furan rings is 1. The maximum Gasteiger partial charge on any atom is 0.287 e. The molecule has 0 bridgehead atoms. The maximum absolute atomic E-state index is 12.0. The average Bonchev–Trinajstić information content (AvgIpc) is 2.82. The third-order valence-corrected chi connectivity index (χ3v) is 3.15. The number of fused-ring (bicyclic) bond motifs is 1. The predicted molar refractivity (Wildman–Crippen MR) is 73.1 cm³/mol. The fourth-order valence-electron chi connectivity index (χ4n) is 1.86. The molecular formula is C14H16ClNO2. The molecule has 1 N–H and O–H groups in total. The number of hydrogen-bond acceptors (Lipinski definition) is 2. The fraction of sp³-hybridized carbons (Fsp3) is 0.357. The van der Waals surface area contributed by atoms with Crippen LogP contribution in [0.25, 0.3) is 11.0 Å². The third-order valence-electron chi connectivity index (χ3n) is 2.93. The Morgan fingerprint density at radius 1 is 1.44 bits per heavy atom. The van der Waals surface area contributed by atoms with E-state index in [1.165, 1.54) is 0 Å². The molecule has 0 spiro atoms. The molecule has 0 saturated carbocycles. The number of rotatable bonds is 5. The maximum atomic E-state index is 12.0. The number of carbonyl (C=O) groups is 1. The van der Waals surface area contributed by atoms with Crippen LogP contribution in [0, 0.1) is 0 Å². The molecule has 0 aliphatic rings. The van der Waals surface area contributed by atoms with Gasteiger partial charge in [0.15, 0.2) is 5.76 Å². The van der Waals surface area contributed by atoms with Crippen LogP contribution in [-0.2, 0) is 0 Å². The molecule has 4 heteroatoms. The van der Waals surface area contributed by atoms with Gasteiger partial charge in [-0.3, -0.25) is 4.79 Å². The van der Waals surface area contributed by atoms with E-state index in [0.29, 0.717) is 11.6 Å². The monoisotopic (exact) mass is 265 g/mol. The topological polar surface area (TPSA) is 42.2 Å². The molecule has 3 nitrogen and oxygen atoms in total. The molecule has 1 aromatic carbocycles. The van der Waals surface area contributed by atoms with Crippen LogP contribution in [0.2, 0.25) is 0 Å². The van der Waals surface area contributed by atoms with Crippen molar-refractivity contribution in [3.05, 3.63) is 36.1 Å². The summed E-state index contributed by atoms with van der Waals surface area (Å²) in [6, 6.07) is 9.44. The van der Waals surface area contributed by atoms with Crippen LogP contribution in [0.15, 0.2) is 34.7 Å². The normalized spacial score (nSPS) is 12.6. The van der Waals surface area contributed by atoms with E-state index in [4.69, 9.17) is 16.0 Å². The lowest BCUT2D eigenvalue weighted by Gasteiger charge is -2.14. The number of benzene rings is 1. The van der Waals surface area contributed by atoms with Gasteiger partial charge in [0.2, 0.25) is 0 Å². The summed E-state index contributed by atoms with van der Waals surface area (Å²) in [6.07, 6.45) is 1.63. The van der Waals surface area contributed by atoms with Crippen LogP contribution in [0.1, 0.15) is 30.3 Å². The zero-order valence-corrected chi connectivity index (χ0v) is 11.0. The zero-order chi connectivity index (χ0) is 13.0. The molecule has 1 amide bonds. The van der Waals surface area contributed by atoms with Crippen molar-refractivity contribution in [3.8, 4) is 0 Å². The van der Waals surface area contributed by atoms with Gasteiger partial charge in [0, 0.05) is 17.3 Å². The standard InChI is InChI=1S/C14H16ClNO2/c1-2-11(7-8-15)16-14(17)13-9-10-5-3-4-6-12(10)18-13/h3-6,9,11H,2,7-8H2,1H3,(H,16,17). The molecule has 0 aliphatic heterocycles. The number of halogens is 1. The second kappa shape index (κ2) is 5.91. The van der Waals surface area contributed by atoms with Gasteiger partial charge in [-0.25, -0.2) is 0 Å². The van der Waals surface area contributed by atoms with Crippen molar-refractivity contribution in [2.75, 3.05) is 5.88 Å². The van der Waals surface area contributed by atoms with Crippen molar-refractivity contribution in [1.82, 2.24) is 5.32 Å². The number of nitrogens with one attached hydrogen (secondary N) is 1. The van der Waals surface area contributed by atoms with Crippen molar-refractivity contribution in [2.24, 2.45) is 0 Å². The summed E-state index contributed by atoms with van der Waals surface area (Å²) in [4.78, 5) is 12.0. The van der Waals surface area contributed by atoms with E-state index in [9.17, 15) is 4.79 Å². The Labute approximate surface area is 111 Å². The van der Waals surface area contributed by atoms with E-state index < -0.39 is 0 Å². The van der Waals surface area contributed by atoms with Gasteiger partial charge in [-0.2, -0.15) is 0 Å². The molecule has 0 aliphatic carbocycles. The van der Waals surface area contributed by atoms with Gasteiger partial charge in [0.25, 0.3) is 5.91 Å². The minimum Gasteiger partial charge on any atom is -0.451 e. The first kappa shape index (κ1) is 13.0. The van der Waals surface area contributed by atoms with Gasteiger partial charge in [-0.05, 0) is 25.0 Å². The highest BCUT2D eigenvalue weighted by Gasteiger charge is 2.15. The molecule has 0 fully saturated rings. The number of para-hydroxylation sites is 1. The van der Waals surface area contributed by atoms with Crippen molar-refractivity contribution < 1.29 is 9.21 Å². The molecule has 1 atom stereocenters. The minimum absolute atomic E-state index is 0.100. The highest BCUT2D eigenvalue weighted by molar-refractivity contribution is 6.17. The van der Waals surface area contributed by atoms with E-state index in [0.717, 1.165) is 23.8 Å². The molecule has 2 rings (SSSR count). The lowest BCUT2D eigenvalue weighted by Crippen LogP contribution is -2.34. The molecule has 0 radical (unpaired) electrons. The highest BCUT2D eigenvalue weighted by atomic mass is 35.5. The molecule has 1 aromatic heterocycles. The largest absolute Gasteiger partial charge is 0.451 e. The van der Waals surface area contributed by atoms with Crippen LogP contribution >= 0.6 is 11.6 Å². The summed E-state index contributed by atoms with van der Waals surface area (Å²) in [5.41, 5.74) is 0.730. The van der Waals surface area contributed by atoms with Crippen molar-refractivity contribution in [1.29, 1.82) is 0 Å². The first-order chi connectivity index (χ1) is 8.74. The molecule has 0 saturated heterocycles. The van der Waals surface area contributed by atoms with Gasteiger partial charge in [0.1, 0.15) is 5.58 Å². The molecule has 96 valence electrons. The van der Waals surface area contributed by atoms with E-state index in [1.54, 1.807) is 6.07 Å². The van der Waals surface area contributed by atoms with E-state index in [2.05, 4.69) is 5.32 Å². The SMILES string of the molecule is CCC(CCCl)NC(=O)c1cc2ccccc2o1. The summed E-state index contributed by atoms with van der Waals surface area (Å²) < 4.78 is 5.51. The number of amides is 1. The molecule has 1 unspecified atom stereocenters. The highest BCUT2D eigenvalue weighted by Crippen LogP contribution is 2.18. The Kier molecular flexibility index (Phi) is 4.26. The van der Waals surface area contributed by atoms with Crippen LogP contribution in [0.3, 0.4) is 0 Å². The van der Waals surface area contributed by atoms with Gasteiger partial charge >= 0.3 is 0 Å². The fourth-order valence-corrected chi connectivity index (χ4v) is 2.12. The zero-order valence-electron chi connectivity index (χ0n) is 10.3. The number of alkyl halides is 1. The lowest BCUT2D eigenvalue weighted by molar-refractivity contribution is 0.0909. The second-order valence-corrected chi connectivity index (χ2v) is 4.58. The Morgan fingerprint density at radius 3 is 2.89 bits per heavy atom. The Morgan fingerprint density at radius 2 is 2.22 bits per heavy atom. The summed E-state index contributed by atoms with van der Waals surface area (Å²) in [5, 5.41) is 3.87. The summed E-state index contributed by atoms with van der Waals surface area (Å²) in [7, 11) is 0. The van der Waals surface area contributed by atoms with E-state index in [1.807, 2.05) is 31.2 Å². The predicted octanol–water partition coefficient (Wildman–Crippen LogP) is 3.57. The number of carbonyl (C=O) groups excluding carboxylic acids is 1. The summed E-state index contributed by atoms with van der Waals surface area (Å²) in [6.45, 7) is 2.02. The third kappa shape index (κ3) is 2.85. The van der Waals surface area contributed by atoms with Gasteiger partial charge < -0.3 is 9.73 Å². The average molecular weight is 266 g/mol. The van der Waals surface area contributed by atoms with Crippen LogP contribution in [0.4, 0.5) is 0 Å². The molecule has 2 aromatic rings. The van der Waals surface area contributed by atoms with Crippen molar-refractivity contribution in [3.63, 3.8) is 0 Å². The van der Waals surface area contributed by atoms with Crippen molar-refractivity contribution >= 4 is 28.5 Å². The Hall–Kier alpha value is -1.48. The minimum atomic E-state index is -0.178. The van der Waals surface area contributed by atoms with E-state index in [-0.39, 0.29) is 11.9 Å². The Bertz CT molecular complexity index is 502. The lowest BCUT2D eigenvalue weighted by atomic mass is 10.1. The van der Waals surface area contributed by atoms with Crippen LogP contribution in [0.5, 0.6) is 0 Å². The van der Waals surface area contributed by atoms with Crippen LogP contribution < -0.4 is 5.32 Å². The van der Waals surface area contributed by atoms with Gasteiger partial charge in [-0.1, -0.05) is 25.1 Å². The Balaban J connectivity index is 2.13. The first-order valence-electron chi connectivity index (χ1n) is 6.10. The summed E-state index contributed by atoms with van der Waals surface area (Å²) >= 11 is 5.69. The number of hydrogen-bond donors (Lipinski definition) is 1. The van der Waals surface area contributed by atoms with Gasteiger partial charge in [-0.15, -0.1) is 11.6 Å². The smallest absolute Gasteiger partial charge is 0.287 e. The van der Waals surface area contributed by atoms with Crippen molar-refractivity contribution in [2.45, 2.75) is 25.8 Å². The van der Waals surface area contributed by atoms with E-state index >= 15 is 0 Å². The molecular weight excluding hydrogens is 250 g/mol. The quantitative estimate of drug-likeness (QED) is 0.840. The first-order valence-corrected chi connectivity index (χ1v) is 6.63. The summed E-state index contributed by atoms with van der Waals surface area (Å²) in [5.74, 6) is 0.714. The molecule has 18 heavy (non-hydrogen) atoms. The molecule has 1 heterocycles. The van der Waals surface area contributed by atoms with Crippen LogP contribution in [-0.4, -0.2) is 17.8 Å². The van der Waals surface area contributed by atoms with Gasteiger partial charge in [0.05, 0.1) is 0 Å².